The first-order valence-corrected chi connectivity index (χ1v) is 6.06. The number of thiophene rings is 1. The number of hydrogen-bond donors (Lipinski definition) is 1. The molecule has 96 valence electrons. The molecule has 0 fully saturated rings. The van der Waals surface area contributed by atoms with Gasteiger partial charge in [-0.2, -0.15) is 11.3 Å². The Bertz CT molecular complexity index is 527. The van der Waals surface area contributed by atoms with E-state index >= 15 is 0 Å². The number of rotatable bonds is 3. The Hall–Kier alpha value is -1.56. The monoisotopic (exact) mass is 275 g/mol. The second-order valence-corrected chi connectivity index (χ2v) is 4.55. The minimum Gasteiger partial charge on any atom is -0.374 e. The fourth-order valence-electron chi connectivity index (χ4n) is 1.52. The molecule has 0 saturated carbocycles. The SMILES string of the molecule is CC(Nc1c(F)c(F)cc(F)c1F)c1ccsc1. The van der Waals surface area contributed by atoms with Gasteiger partial charge in [-0.1, -0.05) is 0 Å². The van der Waals surface area contributed by atoms with Crippen molar-refractivity contribution in [3.05, 3.63) is 51.7 Å². The zero-order valence-corrected chi connectivity index (χ0v) is 10.1. The van der Waals surface area contributed by atoms with Crippen molar-refractivity contribution >= 4 is 17.0 Å². The average molecular weight is 275 g/mol. The van der Waals surface area contributed by atoms with Crippen LogP contribution in [0.1, 0.15) is 18.5 Å². The molecule has 0 spiro atoms. The number of halogens is 4. The van der Waals surface area contributed by atoms with Gasteiger partial charge in [-0.3, -0.25) is 0 Å². The van der Waals surface area contributed by atoms with E-state index in [0.29, 0.717) is 0 Å². The Morgan fingerprint density at radius 2 is 1.72 bits per heavy atom. The summed E-state index contributed by atoms with van der Waals surface area (Å²) in [6.45, 7) is 1.64. The van der Waals surface area contributed by atoms with Crippen molar-refractivity contribution in [1.29, 1.82) is 0 Å². The van der Waals surface area contributed by atoms with Crippen molar-refractivity contribution in [2.75, 3.05) is 5.32 Å². The van der Waals surface area contributed by atoms with Crippen LogP contribution in [0.15, 0.2) is 22.9 Å². The van der Waals surface area contributed by atoms with Crippen molar-refractivity contribution < 1.29 is 17.6 Å². The highest BCUT2D eigenvalue weighted by atomic mass is 32.1. The zero-order chi connectivity index (χ0) is 13.3. The van der Waals surface area contributed by atoms with Crippen molar-refractivity contribution in [1.82, 2.24) is 0 Å². The molecule has 0 radical (unpaired) electrons. The van der Waals surface area contributed by atoms with Gasteiger partial charge in [-0.25, -0.2) is 17.6 Å². The molecule has 1 nitrogen and oxygen atoms in total. The molecule has 0 amide bonds. The summed E-state index contributed by atoms with van der Waals surface area (Å²) in [5.41, 5.74) is -0.00494. The molecule has 0 aliphatic carbocycles. The lowest BCUT2D eigenvalue weighted by Gasteiger charge is -2.15. The van der Waals surface area contributed by atoms with Gasteiger partial charge in [0.2, 0.25) is 0 Å². The molecule has 1 atom stereocenters. The molecular weight excluding hydrogens is 266 g/mol. The van der Waals surface area contributed by atoms with Crippen LogP contribution >= 0.6 is 11.3 Å². The lowest BCUT2D eigenvalue weighted by Crippen LogP contribution is -2.11. The first kappa shape index (κ1) is 12.9. The van der Waals surface area contributed by atoms with Crippen molar-refractivity contribution in [3.63, 3.8) is 0 Å². The van der Waals surface area contributed by atoms with Crippen LogP contribution in [0.2, 0.25) is 0 Å². The van der Waals surface area contributed by atoms with Crippen LogP contribution in [-0.4, -0.2) is 0 Å². The van der Waals surface area contributed by atoms with Gasteiger partial charge in [-0.05, 0) is 29.3 Å². The van der Waals surface area contributed by atoms with E-state index in [1.54, 1.807) is 23.8 Å². The molecule has 0 bridgehead atoms. The lowest BCUT2D eigenvalue weighted by atomic mass is 10.1. The maximum absolute atomic E-state index is 13.4. The van der Waals surface area contributed by atoms with E-state index in [-0.39, 0.29) is 6.07 Å². The number of benzene rings is 1. The van der Waals surface area contributed by atoms with Gasteiger partial charge < -0.3 is 5.32 Å². The molecule has 0 aliphatic rings. The minimum absolute atomic E-state index is 0.186. The van der Waals surface area contributed by atoms with Gasteiger partial charge in [-0.15, -0.1) is 0 Å². The summed E-state index contributed by atoms with van der Waals surface area (Å²) < 4.78 is 52.8. The van der Waals surface area contributed by atoms with Gasteiger partial charge in [0.15, 0.2) is 23.3 Å². The third-order valence-electron chi connectivity index (χ3n) is 2.52. The van der Waals surface area contributed by atoms with Crippen molar-refractivity contribution in [2.45, 2.75) is 13.0 Å². The molecule has 1 aromatic heterocycles. The van der Waals surface area contributed by atoms with E-state index < -0.39 is 35.0 Å². The topological polar surface area (TPSA) is 12.0 Å². The normalized spacial score (nSPS) is 12.5. The highest BCUT2D eigenvalue weighted by Gasteiger charge is 2.20. The molecule has 2 rings (SSSR count). The van der Waals surface area contributed by atoms with Crippen LogP contribution in [0.5, 0.6) is 0 Å². The molecule has 1 N–H and O–H groups in total. The number of anilines is 1. The fraction of sp³-hybridized carbons (Fsp3) is 0.167. The van der Waals surface area contributed by atoms with Gasteiger partial charge >= 0.3 is 0 Å². The predicted octanol–water partition coefficient (Wildman–Crippen LogP) is 4.48. The van der Waals surface area contributed by atoms with E-state index in [1.165, 1.54) is 11.3 Å². The minimum atomic E-state index is -1.42. The quantitative estimate of drug-likeness (QED) is 0.643. The van der Waals surface area contributed by atoms with Gasteiger partial charge in [0.1, 0.15) is 5.69 Å². The summed E-state index contributed by atoms with van der Waals surface area (Å²) in [7, 11) is 0. The maximum Gasteiger partial charge on any atom is 0.185 e. The third kappa shape index (κ3) is 2.33. The van der Waals surface area contributed by atoms with Crippen LogP contribution in [0.25, 0.3) is 0 Å². The van der Waals surface area contributed by atoms with Gasteiger partial charge in [0, 0.05) is 12.1 Å². The highest BCUT2D eigenvalue weighted by Crippen LogP contribution is 2.28. The summed E-state index contributed by atoms with van der Waals surface area (Å²) in [5, 5.41) is 6.02. The number of nitrogens with one attached hydrogen (secondary N) is 1. The zero-order valence-electron chi connectivity index (χ0n) is 9.31. The third-order valence-corrected chi connectivity index (χ3v) is 3.22. The van der Waals surface area contributed by atoms with E-state index in [1.807, 2.05) is 0 Å². The smallest absolute Gasteiger partial charge is 0.185 e. The standard InChI is InChI=1S/C12H9F4NS/c1-6(7-2-3-18-5-7)17-12-10(15)8(13)4-9(14)11(12)16/h2-6,17H,1H3. The molecule has 6 heteroatoms. The summed E-state index contributed by atoms with van der Waals surface area (Å²) in [4.78, 5) is 0. The van der Waals surface area contributed by atoms with Crippen molar-refractivity contribution in [3.8, 4) is 0 Å². The molecule has 1 aromatic carbocycles. The summed E-state index contributed by atoms with van der Waals surface area (Å²) in [6, 6.07) is 1.49. The molecule has 1 unspecified atom stereocenters. The van der Waals surface area contributed by atoms with E-state index in [9.17, 15) is 17.6 Å². The van der Waals surface area contributed by atoms with Crippen molar-refractivity contribution in [2.24, 2.45) is 0 Å². The maximum atomic E-state index is 13.4. The average Bonchev–Trinajstić information content (AvgIpc) is 2.85. The second kappa shape index (κ2) is 4.97. The molecule has 1 heterocycles. The summed E-state index contributed by atoms with van der Waals surface area (Å²) in [6.07, 6.45) is 0. The molecule has 2 aromatic rings. The molecule has 0 saturated heterocycles. The Morgan fingerprint density at radius 1 is 1.11 bits per heavy atom. The molecule has 18 heavy (non-hydrogen) atoms. The number of hydrogen-bond acceptors (Lipinski definition) is 2. The van der Waals surface area contributed by atoms with Gasteiger partial charge in [0.25, 0.3) is 0 Å². The van der Waals surface area contributed by atoms with Crippen LogP contribution in [0, 0.1) is 23.3 Å². The second-order valence-electron chi connectivity index (χ2n) is 3.77. The van der Waals surface area contributed by atoms with Crippen LogP contribution < -0.4 is 5.32 Å². The van der Waals surface area contributed by atoms with Crippen LogP contribution in [0.3, 0.4) is 0 Å². The summed E-state index contributed by atoms with van der Waals surface area (Å²) in [5.74, 6) is -5.69. The molecule has 0 aliphatic heterocycles. The Balaban J connectivity index is 2.34. The molecular formula is C12H9F4NS. The first-order chi connectivity index (χ1) is 8.50. The van der Waals surface area contributed by atoms with Crippen LogP contribution in [-0.2, 0) is 0 Å². The fourth-order valence-corrected chi connectivity index (χ4v) is 2.28. The Kier molecular flexibility index (Phi) is 3.56. The lowest BCUT2D eigenvalue weighted by molar-refractivity contribution is 0.457. The van der Waals surface area contributed by atoms with E-state index in [2.05, 4.69) is 5.32 Å². The highest BCUT2D eigenvalue weighted by molar-refractivity contribution is 7.07. The Labute approximate surface area is 105 Å². The first-order valence-electron chi connectivity index (χ1n) is 5.12. The van der Waals surface area contributed by atoms with Gasteiger partial charge in [0.05, 0.1) is 0 Å². The Morgan fingerprint density at radius 3 is 2.22 bits per heavy atom. The predicted molar refractivity (Wildman–Crippen MR) is 62.6 cm³/mol. The van der Waals surface area contributed by atoms with E-state index in [4.69, 9.17) is 0 Å². The largest absolute Gasteiger partial charge is 0.374 e. The van der Waals surface area contributed by atoms with Crippen LogP contribution in [0.4, 0.5) is 23.2 Å². The summed E-state index contributed by atoms with van der Waals surface area (Å²) >= 11 is 1.42. The van der Waals surface area contributed by atoms with E-state index in [0.717, 1.165) is 5.56 Å².